The summed E-state index contributed by atoms with van der Waals surface area (Å²) in [6.07, 6.45) is -1.30. The van der Waals surface area contributed by atoms with Crippen LogP contribution in [0.3, 0.4) is 0 Å². The molecule has 3 rings (SSSR count). The number of amides is 1. The van der Waals surface area contributed by atoms with Crippen molar-refractivity contribution in [2.75, 3.05) is 25.1 Å². The quantitative estimate of drug-likeness (QED) is 0.220. The molecule has 0 saturated heterocycles. The minimum Gasteiger partial charge on any atom is -0.490 e. The van der Waals surface area contributed by atoms with Gasteiger partial charge in [0.05, 0.1) is 25.9 Å². The molecule has 1 aliphatic heterocycles. The number of nitrogens with one attached hydrogen (secondary N) is 1. The van der Waals surface area contributed by atoms with Gasteiger partial charge in [0.2, 0.25) is 5.91 Å². The molecule has 1 amide bonds. The molecule has 1 unspecified atom stereocenters. The van der Waals surface area contributed by atoms with Crippen LogP contribution in [0.1, 0.15) is 68.7 Å². The molecule has 0 fully saturated rings. The molecule has 0 bridgehead atoms. The van der Waals surface area contributed by atoms with Crippen LogP contribution in [0.5, 0.6) is 11.5 Å². The van der Waals surface area contributed by atoms with Crippen molar-refractivity contribution in [3.63, 3.8) is 0 Å². The van der Waals surface area contributed by atoms with E-state index in [0.29, 0.717) is 5.56 Å². The number of nitrogens with two attached hydrogens (primary N) is 1. The molecule has 40 heavy (non-hydrogen) atoms. The molecule has 0 spiro atoms. The van der Waals surface area contributed by atoms with E-state index < -0.39 is 62.0 Å². The van der Waals surface area contributed by atoms with Crippen molar-refractivity contribution >= 4 is 27.6 Å². The summed E-state index contributed by atoms with van der Waals surface area (Å²) in [7, 11) is -10.2. The summed E-state index contributed by atoms with van der Waals surface area (Å²) in [4.78, 5) is 24.4. The van der Waals surface area contributed by atoms with Gasteiger partial charge in [-0.3, -0.25) is 14.5 Å². The Balaban J connectivity index is 1.96. The minimum atomic E-state index is -10.2. The van der Waals surface area contributed by atoms with Crippen LogP contribution in [0, 0.1) is 11.2 Å². The summed E-state index contributed by atoms with van der Waals surface area (Å²) in [5.74, 6) is -2.54. The second kappa shape index (κ2) is 10.1. The van der Waals surface area contributed by atoms with Gasteiger partial charge in [-0.15, -0.1) is 0 Å². The van der Waals surface area contributed by atoms with Gasteiger partial charge in [-0.1, -0.05) is 40.2 Å². The maximum absolute atomic E-state index is 15.3. The third-order valence-corrected chi connectivity index (χ3v) is 7.08. The van der Waals surface area contributed by atoms with Gasteiger partial charge in [0, 0.05) is 29.8 Å². The van der Waals surface area contributed by atoms with E-state index in [0.717, 1.165) is 6.07 Å². The number of fused-ring (bicyclic) bond motifs is 1. The average Bonchev–Trinajstić information content (AvgIpc) is 3.08. The smallest absolute Gasteiger partial charge is 0.310 e. The standard InChI is InChI=1S/C26H33F6N3O4S/c1-6-38-20-10-16-13-35(25(33)22(16)23(27)24(20)39-7-2)14-19(36)15-8-17(34-21(37)12-26(3,4)5)11-18(9-15)40(28,29,30,31)32/h8-11,25H,6-7,12-14,33H2,1-5H3,(H,34,37). The van der Waals surface area contributed by atoms with Crippen molar-refractivity contribution < 1.29 is 42.9 Å². The normalized spacial score (nSPS) is 17.6. The van der Waals surface area contributed by atoms with Crippen LogP contribution >= 0.6 is 10.2 Å². The molecule has 3 N–H and O–H groups in total. The lowest BCUT2D eigenvalue weighted by Gasteiger charge is -2.41. The zero-order chi connectivity index (χ0) is 30.3. The van der Waals surface area contributed by atoms with Gasteiger partial charge in [-0.05, 0) is 49.1 Å². The number of nitrogens with zero attached hydrogens (tertiary/aromatic N) is 1. The molecule has 1 atom stereocenters. The number of halogens is 6. The monoisotopic (exact) mass is 597 g/mol. The highest BCUT2D eigenvalue weighted by atomic mass is 32.5. The number of hydrogen-bond acceptors (Lipinski definition) is 6. The van der Waals surface area contributed by atoms with Crippen LogP contribution in [0.2, 0.25) is 0 Å². The number of benzene rings is 2. The molecule has 224 valence electrons. The van der Waals surface area contributed by atoms with Gasteiger partial charge < -0.3 is 20.5 Å². The van der Waals surface area contributed by atoms with Crippen LogP contribution in [-0.2, 0) is 11.3 Å². The Hall–Kier alpha value is -2.97. The zero-order valence-electron chi connectivity index (χ0n) is 22.8. The number of carbonyl (C=O) groups excluding carboxylic acids is 2. The topological polar surface area (TPSA) is 93.9 Å². The summed E-state index contributed by atoms with van der Waals surface area (Å²) in [6, 6.07) is 2.57. The number of rotatable bonds is 10. The van der Waals surface area contributed by atoms with E-state index in [4.69, 9.17) is 15.2 Å². The Morgan fingerprint density at radius 2 is 1.68 bits per heavy atom. The number of ketones is 1. The van der Waals surface area contributed by atoms with E-state index in [1.165, 1.54) is 11.0 Å². The molecular weight excluding hydrogens is 564 g/mol. The largest absolute Gasteiger partial charge is 0.490 e. The van der Waals surface area contributed by atoms with Crippen molar-refractivity contribution in [3.05, 3.63) is 46.8 Å². The Morgan fingerprint density at radius 1 is 1.05 bits per heavy atom. The lowest BCUT2D eigenvalue weighted by atomic mass is 9.92. The predicted molar refractivity (Wildman–Crippen MR) is 141 cm³/mol. The molecule has 14 heteroatoms. The molecule has 0 radical (unpaired) electrons. The molecular formula is C26H33F6N3O4S. The molecule has 7 nitrogen and oxygen atoms in total. The van der Waals surface area contributed by atoms with Crippen molar-refractivity contribution in [1.82, 2.24) is 4.90 Å². The first-order valence-corrected chi connectivity index (χ1v) is 14.4. The maximum atomic E-state index is 15.3. The van der Waals surface area contributed by atoms with E-state index in [-0.39, 0.29) is 55.4 Å². The van der Waals surface area contributed by atoms with Gasteiger partial charge in [-0.25, -0.2) is 4.39 Å². The van der Waals surface area contributed by atoms with Gasteiger partial charge >= 0.3 is 10.2 Å². The van der Waals surface area contributed by atoms with Crippen LogP contribution in [0.15, 0.2) is 29.2 Å². The Labute approximate surface area is 228 Å². The summed E-state index contributed by atoms with van der Waals surface area (Å²) in [6.45, 7) is 8.12. The SMILES string of the molecule is CCOc1cc2c(c(F)c1OCC)C(N)N(CC(=O)c1cc(NC(=O)CC(C)(C)C)cc(S(F)(F)(F)(F)F)c1)C2. The first-order valence-electron chi connectivity index (χ1n) is 12.5. The average molecular weight is 598 g/mol. The molecule has 0 saturated carbocycles. The minimum absolute atomic E-state index is 0.0237. The third kappa shape index (κ3) is 7.40. The molecule has 1 heterocycles. The summed E-state index contributed by atoms with van der Waals surface area (Å²) < 4.78 is 94.9. The van der Waals surface area contributed by atoms with Crippen LogP contribution < -0.4 is 20.5 Å². The van der Waals surface area contributed by atoms with E-state index >= 15 is 4.39 Å². The van der Waals surface area contributed by atoms with Crippen LogP contribution in [0.25, 0.3) is 0 Å². The zero-order valence-corrected chi connectivity index (χ0v) is 23.6. The Bertz CT molecular complexity index is 1330. The highest BCUT2D eigenvalue weighted by Crippen LogP contribution is 3.02. The van der Waals surface area contributed by atoms with Crippen LogP contribution in [0.4, 0.5) is 29.5 Å². The second-order valence-electron chi connectivity index (χ2n) is 10.7. The number of anilines is 1. The van der Waals surface area contributed by atoms with Crippen molar-refractivity contribution in [3.8, 4) is 11.5 Å². The van der Waals surface area contributed by atoms with Gasteiger partial charge in [0.25, 0.3) is 0 Å². The lowest BCUT2D eigenvalue weighted by molar-refractivity contribution is -0.117. The lowest BCUT2D eigenvalue weighted by Crippen LogP contribution is -2.33. The van der Waals surface area contributed by atoms with Crippen molar-refractivity contribution in [2.45, 2.75) is 58.6 Å². The van der Waals surface area contributed by atoms with E-state index in [2.05, 4.69) is 5.32 Å². The summed E-state index contributed by atoms with van der Waals surface area (Å²) in [5, 5.41) is 2.18. The summed E-state index contributed by atoms with van der Waals surface area (Å²) in [5.41, 5.74) is 4.72. The number of Topliss-reactive ketones (excluding diaryl/α,β-unsaturated/α-hetero) is 1. The first-order chi connectivity index (χ1) is 18.1. The Morgan fingerprint density at radius 3 is 2.23 bits per heavy atom. The van der Waals surface area contributed by atoms with E-state index in [1.807, 2.05) is 0 Å². The molecule has 0 aliphatic carbocycles. The predicted octanol–water partition coefficient (Wildman–Crippen LogP) is 7.31. The second-order valence-corrected chi connectivity index (χ2v) is 13.1. The molecule has 0 aromatic heterocycles. The molecule has 1 aliphatic rings. The van der Waals surface area contributed by atoms with Gasteiger partial charge in [0.15, 0.2) is 23.1 Å². The van der Waals surface area contributed by atoms with Crippen molar-refractivity contribution in [1.29, 1.82) is 0 Å². The fourth-order valence-electron chi connectivity index (χ4n) is 4.34. The molecule has 2 aromatic rings. The maximum Gasteiger partial charge on any atom is 0.310 e. The number of hydrogen-bond donors (Lipinski definition) is 2. The number of carbonyl (C=O) groups is 2. The molecule has 2 aromatic carbocycles. The highest BCUT2D eigenvalue weighted by molar-refractivity contribution is 8.45. The fourth-order valence-corrected chi connectivity index (χ4v) is 5.04. The van der Waals surface area contributed by atoms with E-state index in [1.54, 1.807) is 34.6 Å². The Kier molecular flexibility index (Phi) is 8.00. The van der Waals surface area contributed by atoms with Crippen LogP contribution in [-0.4, -0.2) is 36.3 Å². The van der Waals surface area contributed by atoms with E-state index in [9.17, 15) is 29.0 Å². The highest BCUT2D eigenvalue weighted by Gasteiger charge is 2.65. The van der Waals surface area contributed by atoms with Gasteiger partial charge in [-0.2, -0.15) is 0 Å². The fraction of sp³-hybridized carbons (Fsp3) is 0.462. The van der Waals surface area contributed by atoms with Gasteiger partial charge in [0.1, 0.15) is 4.90 Å². The third-order valence-electron chi connectivity index (χ3n) is 5.96. The first kappa shape index (κ1) is 31.6. The number of ether oxygens (including phenoxy) is 2. The van der Waals surface area contributed by atoms with Crippen molar-refractivity contribution in [2.24, 2.45) is 11.1 Å². The summed E-state index contributed by atoms with van der Waals surface area (Å²) >= 11 is 0.